The highest BCUT2D eigenvalue weighted by Crippen LogP contribution is 2.39. The van der Waals surface area contributed by atoms with Crippen molar-refractivity contribution in [2.75, 3.05) is 13.7 Å². The Morgan fingerprint density at radius 3 is 1.90 bits per heavy atom. The maximum Gasteiger partial charge on any atom is 0.0720 e. The van der Waals surface area contributed by atoms with Crippen LogP contribution in [0.5, 0.6) is 0 Å². The molecule has 1 saturated carbocycles. The second-order valence-electron chi connectivity index (χ2n) is 14.1. The summed E-state index contributed by atoms with van der Waals surface area (Å²) >= 11 is 1.91. The van der Waals surface area contributed by atoms with Crippen LogP contribution in [0.2, 0.25) is 0 Å². The molecule has 0 bridgehead atoms. The molecule has 0 N–H and O–H groups in total. The maximum atomic E-state index is 6.56. The topological polar surface area (TPSA) is 27.7 Å². The van der Waals surface area contributed by atoms with Gasteiger partial charge in [-0.1, -0.05) is 139 Å². The third kappa shape index (κ3) is 11.3. The Labute approximate surface area is 315 Å². The van der Waals surface area contributed by atoms with Crippen LogP contribution in [0.3, 0.4) is 0 Å². The summed E-state index contributed by atoms with van der Waals surface area (Å²) in [5.41, 5.74) is 10.5. The molecule has 3 atom stereocenters. The fraction of sp³-hybridized carbons (Fsp3) is 0.292. The smallest absolute Gasteiger partial charge is 0.0720 e. The van der Waals surface area contributed by atoms with Crippen molar-refractivity contribution in [1.29, 1.82) is 0 Å². The number of ether oxygens (including phenoxy) is 3. The fourth-order valence-corrected chi connectivity index (χ4v) is 8.08. The number of methoxy groups -OCH3 is 1. The van der Waals surface area contributed by atoms with E-state index in [1.807, 2.05) is 41.7 Å². The number of benzene rings is 5. The summed E-state index contributed by atoms with van der Waals surface area (Å²) < 4.78 is 17.8. The van der Waals surface area contributed by atoms with E-state index in [9.17, 15) is 0 Å². The van der Waals surface area contributed by atoms with Crippen molar-refractivity contribution in [2.45, 2.75) is 71.4 Å². The lowest BCUT2D eigenvalue weighted by molar-refractivity contribution is -0.0238. The molecule has 1 fully saturated rings. The van der Waals surface area contributed by atoms with Crippen LogP contribution in [0.25, 0.3) is 10.4 Å². The van der Waals surface area contributed by atoms with Crippen molar-refractivity contribution in [3.63, 3.8) is 0 Å². The quantitative estimate of drug-likeness (QED) is 0.120. The Kier molecular flexibility index (Phi) is 14.0. The summed E-state index contributed by atoms with van der Waals surface area (Å²) in [4.78, 5) is 2.75. The average Bonchev–Trinajstić information content (AvgIpc) is 3.65. The van der Waals surface area contributed by atoms with Crippen LogP contribution in [-0.4, -0.2) is 19.8 Å². The molecule has 3 nitrogen and oxygen atoms in total. The van der Waals surface area contributed by atoms with E-state index in [4.69, 9.17) is 14.2 Å². The largest absolute Gasteiger partial charge is 0.380 e. The van der Waals surface area contributed by atoms with Crippen molar-refractivity contribution in [3.8, 4) is 10.4 Å². The lowest BCUT2D eigenvalue weighted by atomic mass is 9.76. The zero-order chi connectivity index (χ0) is 36.0. The first kappa shape index (κ1) is 37.4. The molecule has 0 saturated heterocycles. The highest BCUT2D eigenvalue weighted by molar-refractivity contribution is 7.15. The molecule has 1 aliphatic rings. The van der Waals surface area contributed by atoms with Gasteiger partial charge in [-0.15, -0.1) is 11.3 Å². The molecule has 1 aliphatic carbocycles. The molecule has 0 aliphatic heterocycles. The van der Waals surface area contributed by atoms with Gasteiger partial charge in [-0.05, 0) is 96.0 Å². The lowest BCUT2D eigenvalue weighted by Crippen LogP contribution is -2.30. The van der Waals surface area contributed by atoms with E-state index in [1.54, 1.807) is 7.11 Å². The molecule has 5 aromatic carbocycles. The molecule has 268 valence electrons. The predicted octanol–water partition coefficient (Wildman–Crippen LogP) is 12.1. The van der Waals surface area contributed by atoms with Crippen LogP contribution >= 0.6 is 11.3 Å². The van der Waals surface area contributed by atoms with Gasteiger partial charge in [0.05, 0.1) is 25.9 Å². The van der Waals surface area contributed by atoms with Crippen molar-refractivity contribution in [1.82, 2.24) is 0 Å². The van der Waals surface area contributed by atoms with Crippen LogP contribution in [0.15, 0.2) is 146 Å². The summed E-state index contributed by atoms with van der Waals surface area (Å²) in [7, 11) is 1.70. The van der Waals surface area contributed by atoms with Gasteiger partial charge < -0.3 is 14.2 Å². The molecule has 0 spiro atoms. The molecule has 6 aromatic rings. The zero-order valence-electron chi connectivity index (χ0n) is 30.9. The van der Waals surface area contributed by atoms with Gasteiger partial charge in [-0.2, -0.15) is 0 Å². The first-order valence-electron chi connectivity index (χ1n) is 18.6. The van der Waals surface area contributed by atoms with Gasteiger partial charge in [0.2, 0.25) is 0 Å². The number of aryl methyl sites for hydroxylation is 2. The molecule has 1 heterocycles. The van der Waals surface area contributed by atoms with Crippen LogP contribution in [-0.2, 0) is 40.5 Å². The fourth-order valence-electron chi connectivity index (χ4n) is 7.04. The Bertz CT molecular complexity index is 1900. The summed E-state index contributed by atoms with van der Waals surface area (Å²) in [6, 6.07) is 51.8. The summed E-state index contributed by atoms with van der Waals surface area (Å²) in [5, 5.41) is 0. The van der Waals surface area contributed by atoms with Gasteiger partial charge in [0.1, 0.15) is 0 Å². The SMILES string of the molecule is COCc1ccccc1.Cc1ccc(-c2ccc(Cc3cc(C4CC(COCc5ccccc5)CC(OCc5ccccc5)C4)ccc3C)s2)cc1. The van der Waals surface area contributed by atoms with Crippen molar-refractivity contribution in [2.24, 2.45) is 5.92 Å². The van der Waals surface area contributed by atoms with Crippen LogP contribution in [0.1, 0.15) is 69.0 Å². The molecular formula is C48H52O3S. The Hall–Kier alpha value is -4.32. The normalized spacial score (nSPS) is 16.9. The molecule has 52 heavy (non-hydrogen) atoms. The van der Waals surface area contributed by atoms with Crippen LogP contribution < -0.4 is 0 Å². The molecular weight excluding hydrogens is 657 g/mol. The predicted molar refractivity (Wildman–Crippen MR) is 217 cm³/mol. The van der Waals surface area contributed by atoms with E-state index in [1.165, 1.54) is 54.3 Å². The van der Waals surface area contributed by atoms with Crippen LogP contribution in [0, 0.1) is 19.8 Å². The molecule has 7 rings (SSSR count). The molecule has 4 heteroatoms. The number of rotatable bonds is 13. The summed E-state index contributed by atoms with van der Waals surface area (Å²) in [6.45, 7) is 7.20. The second-order valence-corrected chi connectivity index (χ2v) is 15.3. The minimum Gasteiger partial charge on any atom is -0.380 e. The Morgan fingerprint density at radius 1 is 0.615 bits per heavy atom. The third-order valence-corrected chi connectivity index (χ3v) is 11.1. The first-order valence-corrected chi connectivity index (χ1v) is 19.4. The minimum absolute atomic E-state index is 0.225. The lowest BCUT2D eigenvalue weighted by Gasteiger charge is -2.35. The number of thiophene rings is 1. The standard InChI is InChI=1S/C40H42O2S.C8H10O/c1-29-13-16-34(17-14-29)40-20-19-39(43-40)25-36-23-35(18-15-30(36)2)37-21-33(27-41-26-31-9-5-3-6-10-31)22-38(24-37)42-28-32-11-7-4-8-12-32;1-9-7-8-5-3-2-4-6-8/h3-20,23,33,37-38H,21-22,24-28H2,1-2H3;2-6H,7H2,1H3. The average molecular weight is 709 g/mol. The molecule has 0 amide bonds. The van der Waals surface area contributed by atoms with Gasteiger partial charge in [0.15, 0.2) is 0 Å². The van der Waals surface area contributed by atoms with Crippen molar-refractivity contribution in [3.05, 3.63) is 189 Å². The van der Waals surface area contributed by atoms with Crippen molar-refractivity contribution < 1.29 is 14.2 Å². The van der Waals surface area contributed by atoms with Gasteiger partial charge in [0, 0.05) is 29.9 Å². The molecule has 0 radical (unpaired) electrons. The highest BCUT2D eigenvalue weighted by Gasteiger charge is 2.31. The van der Waals surface area contributed by atoms with Gasteiger partial charge in [0.25, 0.3) is 0 Å². The highest BCUT2D eigenvalue weighted by atomic mass is 32.1. The van der Waals surface area contributed by atoms with Gasteiger partial charge in [-0.25, -0.2) is 0 Å². The summed E-state index contributed by atoms with van der Waals surface area (Å²) in [5.74, 6) is 0.938. The van der Waals surface area contributed by atoms with Crippen molar-refractivity contribution >= 4 is 11.3 Å². The van der Waals surface area contributed by atoms with E-state index in [0.717, 1.165) is 32.3 Å². The van der Waals surface area contributed by atoms with E-state index in [2.05, 4.69) is 129 Å². The Morgan fingerprint density at radius 2 is 1.25 bits per heavy atom. The van der Waals surface area contributed by atoms with E-state index < -0.39 is 0 Å². The molecule has 3 unspecified atom stereocenters. The summed E-state index contributed by atoms with van der Waals surface area (Å²) in [6.07, 6.45) is 4.44. The Balaban J connectivity index is 0.000000451. The van der Waals surface area contributed by atoms with E-state index in [0.29, 0.717) is 31.7 Å². The first-order chi connectivity index (χ1) is 25.5. The monoisotopic (exact) mass is 708 g/mol. The number of hydrogen-bond acceptors (Lipinski definition) is 4. The minimum atomic E-state index is 0.225. The zero-order valence-corrected chi connectivity index (χ0v) is 31.7. The molecule has 1 aromatic heterocycles. The van der Waals surface area contributed by atoms with E-state index >= 15 is 0 Å². The number of hydrogen-bond donors (Lipinski definition) is 0. The maximum absolute atomic E-state index is 6.56. The van der Waals surface area contributed by atoms with Crippen LogP contribution in [0.4, 0.5) is 0 Å². The van der Waals surface area contributed by atoms with Gasteiger partial charge >= 0.3 is 0 Å². The second kappa shape index (κ2) is 19.5. The van der Waals surface area contributed by atoms with Gasteiger partial charge in [-0.3, -0.25) is 0 Å². The third-order valence-electron chi connectivity index (χ3n) is 9.92. The van der Waals surface area contributed by atoms with E-state index in [-0.39, 0.29) is 6.10 Å².